The van der Waals surface area contributed by atoms with Crippen LogP contribution in [0.15, 0.2) is 30.5 Å². The lowest BCUT2D eigenvalue weighted by Gasteiger charge is -2.24. The summed E-state index contributed by atoms with van der Waals surface area (Å²) < 4.78 is 23.3. The Bertz CT molecular complexity index is 883. The normalized spacial score (nSPS) is 18.7. The van der Waals surface area contributed by atoms with Gasteiger partial charge in [-0.3, -0.25) is 4.79 Å². The summed E-state index contributed by atoms with van der Waals surface area (Å²) in [6.45, 7) is 1.51. The molecule has 1 aromatic heterocycles. The van der Waals surface area contributed by atoms with Crippen molar-refractivity contribution in [3.05, 3.63) is 36.0 Å². The smallest absolute Gasteiger partial charge is 0.249 e. The van der Waals surface area contributed by atoms with Gasteiger partial charge in [0, 0.05) is 24.3 Å². The second-order valence-electron chi connectivity index (χ2n) is 6.06. The summed E-state index contributed by atoms with van der Waals surface area (Å²) in [6, 6.07) is 6.86. The Kier molecular flexibility index (Phi) is 4.67. The first kappa shape index (κ1) is 17.3. The van der Waals surface area contributed by atoms with Crippen molar-refractivity contribution in [3.8, 4) is 0 Å². The molecule has 2 heterocycles. The molecule has 1 saturated heterocycles. The van der Waals surface area contributed by atoms with E-state index in [-0.39, 0.29) is 23.3 Å². The molecule has 1 aliphatic rings. The van der Waals surface area contributed by atoms with Crippen LogP contribution in [0.25, 0.3) is 0 Å². The van der Waals surface area contributed by atoms with Crippen LogP contribution in [-0.4, -0.2) is 54.0 Å². The number of ketones is 1. The molecule has 1 fully saturated rings. The second-order valence-corrected chi connectivity index (χ2v) is 8.29. The van der Waals surface area contributed by atoms with Crippen LogP contribution in [-0.2, 0) is 9.84 Å². The van der Waals surface area contributed by atoms with Crippen LogP contribution in [0.5, 0.6) is 0 Å². The highest BCUT2D eigenvalue weighted by molar-refractivity contribution is 7.91. The first-order valence-electron chi connectivity index (χ1n) is 7.85. The maximum absolute atomic E-state index is 11.6. The number of rotatable bonds is 5. The van der Waals surface area contributed by atoms with E-state index in [0.29, 0.717) is 23.8 Å². The number of sulfone groups is 1. The number of carbonyl (C=O) groups is 1. The molecule has 0 bridgehead atoms. The molecule has 0 spiro atoms. The molecule has 8 nitrogen and oxygen atoms in total. The number of hydrogen-bond acceptors (Lipinski definition) is 8. The largest absolute Gasteiger partial charge is 0.354 e. The van der Waals surface area contributed by atoms with Gasteiger partial charge in [0.05, 0.1) is 17.7 Å². The Morgan fingerprint density at radius 3 is 2.60 bits per heavy atom. The van der Waals surface area contributed by atoms with Gasteiger partial charge in [0.1, 0.15) is 0 Å². The number of Topliss-reactive ketones (excluding diaryl/α,β-unsaturated/α-hetero) is 1. The molecule has 132 valence electrons. The van der Waals surface area contributed by atoms with E-state index < -0.39 is 9.84 Å². The molecule has 0 aliphatic carbocycles. The topological polar surface area (TPSA) is 105 Å². The lowest BCUT2D eigenvalue weighted by Crippen LogP contribution is -2.33. The predicted octanol–water partition coefficient (Wildman–Crippen LogP) is 1.44. The van der Waals surface area contributed by atoms with Crippen molar-refractivity contribution in [1.82, 2.24) is 15.2 Å². The Labute approximate surface area is 146 Å². The van der Waals surface area contributed by atoms with E-state index in [4.69, 9.17) is 0 Å². The molecular weight excluding hydrogens is 342 g/mol. The van der Waals surface area contributed by atoms with Gasteiger partial charge in [-0.2, -0.15) is 10.1 Å². The van der Waals surface area contributed by atoms with Crippen LogP contribution in [0, 0.1) is 0 Å². The minimum atomic E-state index is -2.97. The highest BCUT2D eigenvalue weighted by atomic mass is 32.2. The Balaban J connectivity index is 1.74. The van der Waals surface area contributed by atoms with Gasteiger partial charge in [0.2, 0.25) is 5.95 Å². The zero-order chi connectivity index (χ0) is 18.0. The minimum absolute atomic E-state index is 0.000366. The van der Waals surface area contributed by atoms with E-state index in [1.807, 2.05) is 4.90 Å². The number of nitrogens with zero attached hydrogens (tertiary/aromatic N) is 4. The first-order chi connectivity index (χ1) is 11.8. The fourth-order valence-corrected chi connectivity index (χ4v) is 4.48. The lowest BCUT2D eigenvalue weighted by atomic mass is 10.1. The second kappa shape index (κ2) is 6.75. The van der Waals surface area contributed by atoms with Crippen LogP contribution in [0.4, 0.5) is 17.5 Å². The Morgan fingerprint density at radius 1 is 1.28 bits per heavy atom. The van der Waals surface area contributed by atoms with E-state index in [1.54, 1.807) is 31.3 Å². The molecule has 3 rings (SSSR count). The number of hydrogen-bond donors (Lipinski definition) is 1. The zero-order valence-corrected chi connectivity index (χ0v) is 14.8. The van der Waals surface area contributed by atoms with Crippen molar-refractivity contribution in [2.24, 2.45) is 0 Å². The molecule has 9 heteroatoms. The van der Waals surface area contributed by atoms with Crippen LogP contribution in [0.2, 0.25) is 0 Å². The molecule has 1 aromatic carbocycles. The predicted molar refractivity (Wildman–Crippen MR) is 95.0 cm³/mol. The van der Waals surface area contributed by atoms with Crippen LogP contribution in [0.1, 0.15) is 23.7 Å². The van der Waals surface area contributed by atoms with Gasteiger partial charge in [0.25, 0.3) is 0 Å². The molecule has 1 atom stereocenters. The highest BCUT2D eigenvalue weighted by Crippen LogP contribution is 2.22. The van der Waals surface area contributed by atoms with E-state index in [1.165, 1.54) is 13.1 Å². The summed E-state index contributed by atoms with van der Waals surface area (Å²) in [4.78, 5) is 17.5. The molecule has 0 radical (unpaired) electrons. The lowest BCUT2D eigenvalue weighted by molar-refractivity contribution is 0.101. The van der Waals surface area contributed by atoms with Crippen molar-refractivity contribution < 1.29 is 13.2 Å². The third-order valence-electron chi connectivity index (χ3n) is 4.21. The van der Waals surface area contributed by atoms with Crippen molar-refractivity contribution in [1.29, 1.82) is 0 Å². The number of anilines is 3. The average Bonchev–Trinajstić information content (AvgIpc) is 2.95. The fourth-order valence-electron chi connectivity index (χ4n) is 2.70. The average molecular weight is 361 g/mol. The van der Waals surface area contributed by atoms with Gasteiger partial charge in [-0.25, -0.2) is 8.42 Å². The van der Waals surface area contributed by atoms with E-state index in [0.717, 1.165) is 5.69 Å². The van der Waals surface area contributed by atoms with Crippen molar-refractivity contribution >= 4 is 33.1 Å². The summed E-state index contributed by atoms with van der Waals surface area (Å²) in [6.07, 6.45) is 2.09. The molecule has 1 aliphatic heterocycles. The molecule has 1 N–H and O–H groups in total. The minimum Gasteiger partial charge on any atom is -0.354 e. The summed E-state index contributed by atoms with van der Waals surface area (Å²) in [5, 5.41) is 10.9. The molecule has 1 unspecified atom stereocenters. The van der Waals surface area contributed by atoms with Crippen molar-refractivity contribution in [2.75, 3.05) is 28.8 Å². The molecule has 0 saturated carbocycles. The van der Waals surface area contributed by atoms with Gasteiger partial charge >= 0.3 is 0 Å². The third kappa shape index (κ3) is 4.11. The molecule has 25 heavy (non-hydrogen) atoms. The number of benzene rings is 1. The van der Waals surface area contributed by atoms with Crippen LogP contribution in [0.3, 0.4) is 0 Å². The van der Waals surface area contributed by atoms with Crippen LogP contribution >= 0.6 is 0 Å². The molecule has 2 aromatic rings. The van der Waals surface area contributed by atoms with Gasteiger partial charge in [-0.1, -0.05) is 0 Å². The van der Waals surface area contributed by atoms with E-state index in [2.05, 4.69) is 20.5 Å². The maximum Gasteiger partial charge on any atom is 0.249 e. The fraction of sp³-hybridized carbons (Fsp3) is 0.375. The standard InChI is InChI=1S/C16H19N5O3S/c1-11(22)12-3-5-13(6-4-12)18-16-19-15(9-17-20-16)21(2)14-7-8-25(23,24)10-14/h3-6,9,14H,7-8,10H2,1-2H3,(H,18,19,20). The third-order valence-corrected chi connectivity index (χ3v) is 5.96. The van der Waals surface area contributed by atoms with Gasteiger partial charge in [-0.15, -0.1) is 5.10 Å². The SMILES string of the molecule is CC(=O)c1ccc(Nc2nncc(N(C)C3CCS(=O)(=O)C3)n2)cc1. The van der Waals surface area contributed by atoms with Crippen molar-refractivity contribution in [2.45, 2.75) is 19.4 Å². The molecule has 0 amide bonds. The van der Waals surface area contributed by atoms with Gasteiger partial charge in [0.15, 0.2) is 21.4 Å². The van der Waals surface area contributed by atoms with Crippen LogP contribution < -0.4 is 10.2 Å². The van der Waals surface area contributed by atoms with Crippen molar-refractivity contribution in [3.63, 3.8) is 0 Å². The van der Waals surface area contributed by atoms with E-state index >= 15 is 0 Å². The van der Waals surface area contributed by atoms with Gasteiger partial charge in [-0.05, 0) is 37.6 Å². The zero-order valence-electron chi connectivity index (χ0n) is 14.0. The summed E-state index contributed by atoms with van der Waals surface area (Å²) in [5.74, 6) is 1.19. The van der Waals surface area contributed by atoms with Gasteiger partial charge < -0.3 is 10.2 Å². The number of nitrogens with one attached hydrogen (secondary N) is 1. The quantitative estimate of drug-likeness (QED) is 0.798. The summed E-state index contributed by atoms with van der Waals surface area (Å²) in [7, 11) is -1.16. The Hall–Kier alpha value is -2.55. The first-order valence-corrected chi connectivity index (χ1v) is 9.67. The maximum atomic E-state index is 11.6. The summed E-state index contributed by atoms with van der Waals surface area (Å²) >= 11 is 0. The number of carbonyl (C=O) groups excluding carboxylic acids is 1. The summed E-state index contributed by atoms with van der Waals surface area (Å²) in [5.41, 5.74) is 1.36. The number of aromatic nitrogens is 3. The Morgan fingerprint density at radius 2 is 2.00 bits per heavy atom. The highest BCUT2D eigenvalue weighted by Gasteiger charge is 2.31. The van der Waals surface area contributed by atoms with E-state index in [9.17, 15) is 13.2 Å². The monoisotopic (exact) mass is 361 g/mol. The molecular formula is C16H19N5O3S.